The van der Waals surface area contributed by atoms with E-state index < -0.39 is 5.97 Å². The van der Waals surface area contributed by atoms with Gasteiger partial charge in [-0.3, -0.25) is 9.59 Å². The molecule has 6 aliphatic carbocycles. The second-order valence-corrected chi connectivity index (χ2v) is 17.0. The summed E-state index contributed by atoms with van der Waals surface area (Å²) >= 11 is 0. The summed E-state index contributed by atoms with van der Waals surface area (Å²) in [5.74, 6) is 3.10. The summed E-state index contributed by atoms with van der Waals surface area (Å²) in [6.07, 6.45) is 19.7. The van der Waals surface area contributed by atoms with Crippen LogP contribution in [0.1, 0.15) is 110 Å². The summed E-state index contributed by atoms with van der Waals surface area (Å²) in [5.41, 5.74) is 2.89. The maximum atomic E-state index is 12.8. The summed E-state index contributed by atoms with van der Waals surface area (Å²) in [6.45, 7) is 8.31. The average molecular weight is 639 g/mol. The molecule has 1 amide bonds. The summed E-state index contributed by atoms with van der Waals surface area (Å²) in [7, 11) is 0. The van der Waals surface area contributed by atoms with Gasteiger partial charge in [-0.25, -0.2) is 0 Å². The third kappa shape index (κ3) is 5.31. The molecule has 8 fully saturated rings. The van der Waals surface area contributed by atoms with Gasteiger partial charge in [-0.05, 0) is 148 Å². The molecule has 0 aromatic carbocycles. The monoisotopic (exact) mass is 638 g/mol. The lowest BCUT2D eigenvalue weighted by molar-refractivity contribution is -0.205. The number of hydrogen-bond donors (Lipinski definition) is 2. The van der Waals surface area contributed by atoms with Crippen molar-refractivity contribution in [3.63, 3.8) is 0 Å². The van der Waals surface area contributed by atoms with Crippen molar-refractivity contribution in [3.05, 3.63) is 11.6 Å². The zero-order valence-corrected chi connectivity index (χ0v) is 28.4. The minimum Gasteiger partial charge on any atom is -0.481 e. The van der Waals surface area contributed by atoms with Gasteiger partial charge in [0.15, 0.2) is 6.29 Å². The number of amides is 1. The van der Waals surface area contributed by atoms with Crippen LogP contribution in [0.15, 0.2) is 11.6 Å². The number of carbonyl (C=O) groups excluding carboxylic acids is 1. The molecule has 8 heteroatoms. The fraction of sp³-hybridized carbons (Fsp3) is 0.895. The van der Waals surface area contributed by atoms with E-state index in [0.717, 1.165) is 37.8 Å². The molecule has 11 unspecified atom stereocenters. The summed E-state index contributed by atoms with van der Waals surface area (Å²) in [6, 6.07) is 0. The highest BCUT2D eigenvalue weighted by Crippen LogP contribution is 2.86. The van der Waals surface area contributed by atoms with Crippen LogP contribution in [0.3, 0.4) is 0 Å². The van der Waals surface area contributed by atoms with Crippen molar-refractivity contribution >= 4 is 11.9 Å². The third-order valence-electron chi connectivity index (χ3n) is 15.0. The highest BCUT2D eigenvalue weighted by molar-refractivity contribution is 5.76. The van der Waals surface area contributed by atoms with Crippen LogP contribution in [0.25, 0.3) is 0 Å². The molecular formula is C38H58N2O6. The van der Waals surface area contributed by atoms with E-state index >= 15 is 0 Å². The van der Waals surface area contributed by atoms with Gasteiger partial charge in [0, 0.05) is 25.9 Å². The van der Waals surface area contributed by atoms with E-state index in [1.54, 1.807) is 0 Å². The fourth-order valence-electron chi connectivity index (χ4n) is 12.6. The molecule has 0 bridgehead atoms. The third-order valence-corrected chi connectivity index (χ3v) is 15.0. The number of aliphatic carboxylic acids is 1. The Kier molecular flexibility index (Phi) is 8.38. The second-order valence-electron chi connectivity index (χ2n) is 17.0. The molecule has 256 valence electrons. The first kappa shape index (κ1) is 31.8. The quantitative estimate of drug-likeness (QED) is 0.226. The highest BCUT2D eigenvalue weighted by Gasteiger charge is 2.79. The molecule has 8 aliphatic rings. The van der Waals surface area contributed by atoms with Gasteiger partial charge < -0.3 is 29.5 Å². The smallest absolute Gasteiger partial charge is 0.303 e. The molecular weight excluding hydrogens is 580 g/mol. The van der Waals surface area contributed by atoms with Crippen molar-refractivity contribution in [2.45, 2.75) is 135 Å². The van der Waals surface area contributed by atoms with Crippen molar-refractivity contribution < 1.29 is 28.9 Å². The normalized spacial score (nSPS) is 46.9. The summed E-state index contributed by atoms with van der Waals surface area (Å²) in [5, 5.41) is 12.4. The number of nitrogens with one attached hydrogen (secondary N) is 1. The number of allylic oxidation sites excluding steroid dienone is 1. The number of carbonyl (C=O) groups is 2. The van der Waals surface area contributed by atoms with Gasteiger partial charge in [0.1, 0.15) is 0 Å². The van der Waals surface area contributed by atoms with Crippen molar-refractivity contribution in [1.29, 1.82) is 0 Å². The lowest BCUT2D eigenvalue weighted by Crippen LogP contribution is -2.51. The molecule has 0 aromatic heterocycles. The lowest BCUT2D eigenvalue weighted by atomic mass is 9.49. The van der Waals surface area contributed by atoms with Crippen LogP contribution in [0.2, 0.25) is 0 Å². The predicted molar refractivity (Wildman–Crippen MR) is 174 cm³/mol. The van der Waals surface area contributed by atoms with Gasteiger partial charge in [-0.1, -0.05) is 13.0 Å². The van der Waals surface area contributed by atoms with E-state index in [0.29, 0.717) is 72.6 Å². The van der Waals surface area contributed by atoms with E-state index in [1.807, 2.05) is 4.90 Å². The summed E-state index contributed by atoms with van der Waals surface area (Å²) < 4.78 is 19.7. The molecule has 0 aromatic rings. The van der Waals surface area contributed by atoms with Crippen LogP contribution in [-0.4, -0.2) is 79.3 Å². The standard InChI is InChI=1S/C38H58N2O6/c1-3-26-27-10-11-28-30-20-32-29(9-8-25(45-32)21-39-16-4-5-34(42)43)36(30,2)14-15-38(28)23-37(27,38)13-12-31(26)46-35-22-40(17-18-44-35)33(41)19-24-6-7-24/h3,24-25,27-32,35,39H,4-23H2,1-2H3,(H,42,43)/b26-3+. The molecule has 46 heavy (non-hydrogen) atoms. The number of carboxylic acid groups (broad SMARTS) is 1. The van der Waals surface area contributed by atoms with Gasteiger partial charge >= 0.3 is 5.97 Å². The Hall–Kier alpha value is -1.48. The van der Waals surface area contributed by atoms with Crippen molar-refractivity contribution in [3.8, 4) is 0 Å². The van der Waals surface area contributed by atoms with Gasteiger partial charge in [0.2, 0.25) is 5.91 Å². The van der Waals surface area contributed by atoms with Crippen LogP contribution in [-0.2, 0) is 23.8 Å². The van der Waals surface area contributed by atoms with Crippen molar-refractivity contribution in [1.82, 2.24) is 10.2 Å². The lowest BCUT2D eigenvalue weighted by Gasteiger charge is -2.56. The molecule has 8 rings (SSSR count). The molecule has 2 saturated heterocycles. The van der Waals surface area contributed by atoms with Crippen LogP contribution in [0.4, 0.5) is 0 Å². The van der Waals surface area contributed by atoms with E-state index in [4.69, 9.17) is 19.3 Å². The van der Waals surface area contributed by atoms with Gasteiger partial charge in [0.05, 0.1) is 31.5 Å². The largest absolute Gasteiger partial charge is 0.481 e. The number of morpholine rings is 1. The molecule has 2 heterocycles. The highest BCUT2D eigenvalue weighted by atomic mass is 16.7. The first-order chi connectivity index (χ1) is 22.3. The average Bonchev–Trinajstić information content (AvgIpc) is 3.96. The first-order valence-corrected chi connectivity index (χ1v) is 19.1. The number of fused-ring (bicyclic) bond motifs is 4. The topological polar surface area (TPSA) is 97.3 Å². The maximum Gasteiger partial charge on any atom is 0.303 e. The molecule has 8 nitrogen and oxygen atoms in total. The molecule has 0 radical (unpaired) electrons. The molecule has 2 spiro atoms. The van der Waals surface area contributed by atoms with Crippen LogP contribution in [0.5, 0.6) is 0 Å². The number of hydrogen-bond acceptors (Lipinski definition) is 6. The minimum atomic E-state index is -0.716. The Labute approximate surface area is 275 Å². The Morgan fingerprint density at radius 2 is 1.89 bits per heavy atom. The van der Waals surface area contributed by atoms with Gasteiger partial charge in [0.25, 0.3) is 0 Å². The van der Waals surface area contributed by atoms with E-state index in [1.165, 1.54) is 69.8 Å². The van der Waals surface area contributed by atoms with Crippen LogP contribution < -0.4 is 5.32 Å². The Balaban J connectivity index is 0.900. The second kappa shape index (κ2) is 12.1. The van der Waals surface area contributed by atoms with Crippen molar-refractivity contribution in [2.24, 2.45) is 45.8 Å². The van der Waals surface area contributed by atoms with Gasteiger partial charge in [-0.15, -0.1) is 0 Å². The molecule has 2 aliphatic heterocycles. The number of carboxylic acids is 1. The SMILES string of the molecule is C/C=C1/C(OC2CN(C(=O)CC3CC3)CCO2)CCC23CC24CCC2(C)C5CCC(CNCCCC(=O)O)OC5CC2C4CCC13. The zero-order valence-electron chi connectivity index (χ0n) is 28.4. The summed E-state index contributed by atoms with van der Waals surface area (Å²) in [4.78, 5) is 25.7. The van der Waals surface area contributed by atoms with E-state index in [-0.39, 0.29) is 30.8 Å². The molecule has 11 atom stereocenters. The number of rotatable bonds is 10. The maximum absolute atomic E-state index is 12.8. The van der Waals surface area contributed by atoms with Crippen molar-refractivity contribution in [2.75, 3.05) is 32.8 Å². The minimum absolute atomic E-state index is 0.115. The van der Waals surface area contributed by atoms with Crippen LogP contribution in [0, 0.1) is 45.8 Å². The van der Waals surface area contributed by atoms with E-state index in [9.17, 15) is 9.59 Å². The first-order valence-electron chi connectivity index (χ1n) is 19.1. The fourth-order valence-corrected chi connectivity index (χ4v) is 12.6. The zero-order chi connectivity index (χ0) is 31.7. The molecule has 2 N–H and O–H groups in total. The Morgan fingerprint density at radius 1 is 1.04 bits per heavy atom. The van der Waals surface area contributed by atoms with E-state index in [2.05, 4.69) is 25.2 Å². The number of nitrogens with zero attached hydrogens (tertiary/aromatic N) is 1. The Morgan fingerprint density at radius 3 is 2.70 bits per heavy atom. The van der Waals surface area contributed by atoms with Crippen LogP contribution >= 0.6 is 0 Å². The predicted octanol–water partition coefficient (Wildman–Crippen LogP) is 5.94. The molecule has 6 saturated carbocycles. The number of ether oxygens (including phenoxy) is 3. The van der Waals surface area contributed by atoms with Gasteiger partial charge in [-0.2, -0.15) is 0 Å². The Bertz CT molecular complexity index is 1220.